The van der Waals surface area contributed by atoms with Crippen LogP contribution in [0.3, 0.4) is 0 Å². The molecular formula is C33H23Br2N3O2. The highest BCUT2D eigenvalue weighted by Crippen LogP contribution is 2.34. The van der Waals surface area contributed by atoms with Crippen molar-refractivity contribution in [2.24, 2.45) is 5.10 Å². The largest absolute Gasteiger partial charge is 0.321 e. The number of halogens is 2. The number of rotatable bonds is 5. The van der Waals surface area contributed by atoms with E-state index in [4.69, 9.17) is 5.10 Å². The number of carbonyl (C=O) groups is 1. The number of hydrogen-bond acceptors (Lipinski definition) is 3. The summed E-state index contributed by atoms with van der Waals surface area (Å²) in [5.74, 6) is -0.244. The topological polar surface area (TPSA) is 65.5 Å². The molecule has 0 bridgehead atoms. The number of H-pyrrole nitrogens is 1. The number of aromatic nitrogens is 1. The Balaban J connectivity index is 1.53. The van der Waals surface area contributed by atoms with Crippen molar-refractivity contribution in [3.05, 3.63) is 145 Å². The zero-order valence-electron chi connectivity index (χ0n) is 21.2. The number of hydrazone groups is 1. The highest BCUT2D eigenvalue weighted by atomic mass is 79.9. The summed E-state index contributed by atoms with van der Waals surface area (Å²) in [5, 5.41) is 7.23. The zero-order chi connectivity index (χ0) is 27.6. The van der Waals surface area contributed by atoms with Crippen LogP contribution in [0.15, 0.2) is 128 Å². The average Bonchev–Trinajstić information content (AvgIpc) is 3.40. The summed E-state index contributed by atoms with van der Waals surface area (Å²) in [7, 11) is 0. The van der Waals surface area contributed by atoms with Crippen molar-refractivity contribution < 1.29 is 4.79 Å². The SMILES string of the molecule is O=C(c1ccccc1Br)N1N=C(c2c(-c3ccccc3)c3cc(Br)ccc3[nH]c2=O)CC1C=Cc1ccccc1. The lowest BCUT2D eigenvalue weighted by molar-refractivity contribution is 0.0741. The maximum absolute atomic E-state index is 13.8. The minimum atomic E-state index is -0.379. The van der Waals surface area contributed by atoms with E-state index in [0.29, 0.717) is 27.7 Å². The van der Waals surface area contributed by atoms with E-state index in [-0.39, 0.29) is 17.5 Å². The predicted octanol–water partition coefficient (Wildman–Crippen LogP) is 8.05. The first-order valence-corrected chi connectivity index (χ1v) is 14.4. The third-order valence-corrected chi connectivity index (χ3v) is 8.08. The van der Waals surface area contributed by atoms with Gasteiger partial charge in [0.1, 0.15) is 0 Å². The van der Waals surface area contributed by atoms with Gasteiger partial charge in [0.15, 0.2) is 0 Å². The molecule has 2 heterocycles. The molecule has 196 valence electrons. The van der Waals surface area contributed by atoms with Crippen LogP contribution in [0.25, 0.3) is 28.1 Å². The van der Waals surface area contributed by atoms with Crippen LogP contribution in [0.1, 0.15) is 27.9 Å². The summed E-state index contributed by atoms with van der Waals surface area (Å²) in [6.45, 7) is 0. The predicted molar refractivity (Wildman–Crippen MR) is 168 cm³/mol. The molecule has 1 amide bonds. The summed E-state index contributed by atoms with van der Waals surface area (Å²) < 4.78 is 1.59. The lowest BCUT2D eigenvalue weighted by Gasteiger charge is -2.19. The van der Waals surface area contributed by atoms with E-state index in [1.165, 1.54) is 5.01 Å². The summed E-state index contributed by atoms with van der Waals surface area (Å²) >= 11 is 7.10. The second-order valence-corrected chi connectivity index (χ2v) is 11.2. The van der Waals surface area contributed by atoms with Gasteiger partial charge in [-0.15, -0.1) is 0 Å². The molecule has 0 saturated carbocycles. The summed E-state index contributed by atoms with van der Waals surface area (Å²) in [5.41, 5.74) is 4.74. The van der Waals surface area contributed by atoms with E-state index in [1.807, 2.05) is 109 Å². The van der Waals surface area contributed by atoms with Gasteiger partial charge in [0.25, 0.3) is 11.5 Å². The Morgan fingerprint density at radius 1 is 0.875 bits per heavy atom. The van der Waals surface area contributed by atoms with Gasteiger partial charge < -0.3 is 4.98 Å². The Bertz CT molecular complexity index is 1850. The van der Waals surface area contributed by atoms with Gasteiger partial charge in [0.05, 0.1) is 22.9 Å². The second kappa shape index (κ2) is 11.2. The van der Waals surface area contributed by atoms with Gasteiger partial charge in [-0.05, 0) is 57.4 Å². The number of pyridine rings is 1. The fourth-order valence-electron chi connectivity index (χ4n) is 5.02. The number of nitrogens with one attached hydrogen (secondary N) is 1. The Kier molecular flexibility index (Phi) is 7.32. The van der Waals surface area contributed by atoms with Gasteiger partial charge >= 0.3 is 0 Å². The maximum atomic E-state index is 13.8. The molecule has 1 atom stereocenters. The molecule has 1 aliphatic heterocycles. The van der Waals surface area contributed by atoms with Crippen LogP contribution in [0.2, 0.25) is 0 Å². The van der Waals surface area contributed by atoms with Crippen LogP contribution >= 0.6 is 31.9 Å². The van der Waals surface area contributed by atoms with Crippen LogP contribution in [0.5, 0.6) is 0 Å². The molecule has 6 rings (SSSR count). The first-order chi connectivity index (χ1) is 19.5. The Hall–Kier alpha value is -4.07. The van der Waals surface area contributed by atoms with E-state index in [1.54, 1.807) is 6.07 Å². The van der Waals surface area contributed by atoms with E-state index in [2.05, 4.69) is 36.8 Å². The number of aromatic amines is 1. The number of nitrogens with zero attached hydrogens (tertiary/aromatic N) is 2. The fraction of sp³-hybridized carbons (Fsp3) is 0.0606. The van der Waals surface area contributed by atoms with Crippen molar-refractivity contribution in [3.63, 3.8) is 0 Å². The molecule has 7 heteroatoms. The molecule has 0 saturated heterocycles. The van der Waals surface area contributed by atoms with Crippen LogP contribution in [0.4, 0.5) is 0 Å². The maximum Gasteiger partial charge on any atom is 0.275 e. The second-order valence-electron chi connectivity index (χ2n) is 9.48. The normalized spacial score (nSPS) is 15.1. The van der Waals surface area contributed by atoms with E-state index in [0.717, 1.165) is 32.1 Å². The van der Waals surface area contributed by atoms with Crippen molar-refractivity contribution in [2.45, 2.75) is 12.5 Å². The Morgan fingerprint density at radius 2 is 1.57 bits per heavy atom. The standard InChI is InChI=1S/C33H23Br2N3O2/c34-23-16-18-28-26(19-23)30(22-11-5-2-6-12-22)31(32(39)36-28)29-20-24(17-15-21-9-3-1-4-10-21)38(37-29)33(40)25-13-7-8-14-27(25)35/h1-19,24H,20H2,(H,36,39). The van der Waals surface area contributed by atoms with Crippen molar-refractivity contribution in [1.82, 2.24) is 9.99 Å². The number of amides is 1. The lowest BCUT2D eigenvalue weighted by Crippen LogP contribution is -2.31. The van der Waals surface area contributed by atoms with Gasteiger partial charge in [-0.3, -0.25) is 9.59 Å². The first kappa shape index (κ1) is 26.2. The molecule has 0 aliphatic carbocycles. The molecule has 1 unspecified atom stereocenters. The third-order valence-electron chi connectivity index (χ3n) is 6.90. The molecule has 40 heavy (non-hydrogen) atoms. The fourth-order valence-corrected chi connectivity index (χ4v) is 5.83. The smallest absolute Gasteiger partial charge is 0.275 e. The van der Waals surface area contributed by atoms with Crippen LogP contribution in [0, 0.1) is 0 Å². The molecule has 5 aromatic rings. The number of benzene rings is 4. The van der Waals surface area contributed by atoms with Crippen molar-refractivity contribution in [1.29, 1.82) is 0 Å². The van der Waals surface area contributed by atoms with Gasteiger partial charge in [0.2, 0.25) is 0 Å². The molecule has 0 radical (unpaired) electrons. The minimum Gasteiger partial charge on any atom is -0.321 e. The molecule has 0 fully saturated rings. The van der Waals surface area contributed by atoms with Crippen molar-refractivity contribution in [2.75, 3.05) is 0 Å². The van der Waals surface area contributed by atoms with Crippen molar-refractivity contribution in [3.8, 4) is 11.1 Å². The summed E-state index contributed by atoms with van der Waals surface area (Å²) in [4.78, 5) is 30.6. The summed E-state index contributed by atoms with van der Waals surface area (Å²) in [6, 6.07) is 32.5. The zero-order valence-corrected chi connectivity index (χ0v) is 24.4. The molecular weight excluding hydrogens is 630 g/mol. The average molecular weight is 653 g/mol. The highest BCUT2D eigenvalue weighted by Gasteiger charge is 2.34. The van der Waals surface area contributed by atoms with E-state index in [9.17, 15) is 9.59 Å². The molecule has 1 aliphatic rings. The van der Waals surface area contributed by atoms with E-state index < -0.39 is 0 Å². The molecule has 4 aromatic carbocycles. The van der Waals surface area contributed by atoms with Crippen molar-refractivity contribution >= 4 is 60.5 Å². The van der Waals surface area contributed by atoms with Crippen LogP contribution in [-0.4, -0.2) is 27.7 Å². The van der Waals surface area contributed by atoms with Crippen LogP contribution in [-0.2, 0) is 0 Å². The molecule has 0 spiro atoms. The van der Waals surface area contributed by atoms with Gasteiger partial charge in [-0.2, -0.15) is 5.10 Å². The van der Waals surface area contributed by atoms with Gasteiger partial charge in [-0.1, -0.05) is 101 Å². The first-order valence-electron chi connectivity index (χ1n) is 12.8. The molecule has 1 aromatic heterocycles. The number of fused-ring (bicyclic) bond motifs is 1. The molecule has 5 nitrogen and oxygen atoms in total. The quantitative estimate of drug-likeness (QED) is 0.209. The minimum absolute atomic E-state index is 0.242. The van der Waals surface area contributed by atoms with Gasteiger partial charge in [-0.25, -0.2) is 5.01 Å². The highest BCUT2D eigenvalue weighted by molar-refractivity contribution is 9.10. The monoisotopic (exact) mass is 651 g/mol. The summed E-state index contributed by atoms with van der Waals surface area (Å²) in [6.07, 6.45) is 4.36. The van der Waals surface area contributed by atoms with Crippen LogP contribution < -0.4 is 5.56 Å². The molecule has 1 N–H and O–H groups in total. The number of carbonyl (C=O) groups excluding carboxylic acids is 1. The Labute approximate surface area is 248 Å². The van der Waals surface area contributed by atoms with Gasteiger partial charge in [0, 0.05) is 31.8 Å². The lowest BCUT2D eigenvalue weighted by atomic mass is 9.92. The third kappa shape index (κ3) is 5.10. The Morgan fingerprint density at radius 3 is 2.33 bits per heavy atom. The number of hydrogen-bond donors (Lipinski definition) is 1. The van der Waals surface area contributed by atoms with E-state index >= 15 is 0 Å².